The molecular weight excluding hydrogens is 414 g/mol. The van der Waals surface area contributed by atoms with Gasteiger partial charge in [0.05, 0.1) is 11.3 Å². The maximum atomic E-state index is 13.8. The number of hydrogen-bond donors (Lipinski definition) is 2. The van der Waals surface area contributed by atoms with Crippen LogP contribution < -0.4 is 16.4 Å². The maximum absolute atomic E-state index is 13.8. The van der Waals surface area contributed by atoms with E-state index in [2.05, 4.69) is 4.98 Å². The van der Waals surface area contributed by atoms with Crippen LogP contribution in [0.3, 0.4) is 0 Å². The highest BCUT2D eigenvalue weighted by atomic mass is 19.4. The zero-order chi connectivity index (χ0) is 22.9. The lowest BCUT2D eigenvalue weighted by atomic mass is 9.95. The Morgan fingerprint density at radius 3 is 2.65 bits per heavy atom. The molecule has 1 aromatic carbocycles. The second-order valence-electron chi connectivity index (χ2n) is 7.11. The number of carbonyl (C=O) groups excluding carboxylic acids is 1. The van der Waals surface area contributed by atoms with E-state index in [-0.39, 0.29) is 17.4 Å². The number of halogens is 4. The van der Waals surface area contributed by atoms with Crippen molar-refractivity contribution in [2.45, 2.75) is 12.6 Å². The molecule has 0 saturated carbocycles. The van der Waals surface area contributed by atoms with Crippen LogP contribution >= 0.6 is 0 Å². The van der Waals surface area contributed by atoms with Gasteiger partial charge in [-0.1, -0.05) is 0 Å². The molecule has 6 nitrogen and oxygen atoms in total. The van der Waals surface area contributed by atoms with Gasteiger partial charge in [-0.15, -0.1) is 0 Å². The quantitative estimate of drug-likeness (QED) is 0.569. The summed E-state index contributed by atoms with van der Waals surface area (Å²) in [6.07, 6.45) is -0.00122. The van der Waals surface area contributed by atoms with Gasteiger partial charge in [-0.25, -0.2) is 4.39 Å². The SMILES string of the molecule is CN1CCc2c(ccnc2C(=C/N)/C=C(\N)N(C)c2cc(F)cc(C(F)(F)F)c2)C1=O. The van der Waals surface area contributed by atoms with Crippen molar-refractivity contribution in [3.63, 3.8) is 0 Å². The molecule has 0 bridgehead atoms. The van der Waals surface area contributed by atoms with Crippen LogP contribution in [0.15, 0.2) is 48.6 Å². The van der Waals surface area contributed by atoms with Gasteiger partial charge in [0.15, 0.2) is 0 Å². The summed E-state index contributed by atoms with van der Waals surface area (Å²) in [4.78, 5) is 19.5. The van der Waals surface area contributed by atoms with Crippen LogP contribution in [0.1, 0.15) is 27.2 Å². The van der Waals surface area contributed by atoms with Gasteiger partial charge >= 0.3 is 6.18 Å². The van der Waals surface area contributed by atoms with E-state index in [9.17, 15) is 22.4 Å². The Labute approximate surface area is 176 Å². The Balaban J connectivity index is 1.98. The number of fused-ring (bicyclic) bond motifs is 1. The molecule has 4 N–H and O–H groups in total. The molecule has 2 heterocycles. The second-order valence-corrected chi connectivity index (χ2v) is 7.11. The number of carbonyl (C=O) groups is 1. The summed E-state index contributed by atoms with van der Waals surface area (Å²) in [5.74, 6) is -1.18. The Morgan fingerprint density at radius 2 is 2.00 bits per heavy atom. The highest BCUT2D eigenvalue weighted by molar-refractivity contribution is 5.98. The minimum Gasteiger partial charge on any atom is -0.404 e. The Bertz CT molecular complexity index is 1080. The minimum atomic E-state index is -4.70. The molecule has 1 aromatic heterocycles. The van der Waals surface area contributed by atoms with Crippen molar-refractivity contribution in [3.05, 3.63) is 76.8 Å². The number of pyridine rings is 1. The summed E-state index contributed by atoms with van der Waals surface area (Å²) < 4.78 is 52.8. The molecule has 0 unspecified atom stereocenters. The first-order valence-corrected chi connectivity index (χ1v) is 9.27. The van der Waals surface area contributed by atoms with Gasteiger partial charge in [0, 0.05) is 49.9 Å². The number of alkyl halides is 3. The third-order valence-electron chi connectivity index (χ3n) is 5.07. The van der Waals surface area contributed by atoms with Crippen molar-refractivity contribution in [1.82, 2.24) is 9.88 Å². The summed E-state index contributed by atoms with van der Waals surface area (Å²) in [7, 11) is 3.10. The molecule has 0 aliphatic carbocycles. The van der Waals surface area contributed by atoms with E-state index in [1.165, 1.54) is 30.4 Å². The average Bonchev–Trinajstić information content (AvgIpc) is 2.72. The fourth-order valence-corrected chi connectivity index (χ4v) is 3.31. The Kier molecular flexibility index (Phi) is 5.92. The summed E-state index contributed by atoms with van der Waals surface area (Å²) in [5.41, 5.74) is 12.7. The maximum Gasteiger partial charge on any atom is 0.416 e. The normalized spacial score (nSPS) is 15.2. The summed E-state index contributed by atoms with van der Waals surface area (Å²) in [5, 5.41) is 0. The number of likely N-dealkylation sites (N-methyl/N-ethyl adjacent to an activating group) is 1. The number of hydrogen-bond acceptors (Lipinski definition) is 5. The van der Waals surface area contributed by atoms with E-state index >= 15 is 0 Å². The van der Waals surface area contributed by atoms with Crippen LogP contribution in [0.25, 0.3) is 5.57 Å². The molecule has 0 saturated heterocycles. The molecule has 1 amide bonds. The van der Waals surface area contributed by atoms with Crippen LogP contribution in [-0.2, 0) is 12.6 Å². The number of nitrogens with two attached hydrogens (primary N) is 2. The lowest BCUT2D eigenvalue weighted by Gasteiger charge is -2.26. The van der Waals surface area contributed by atoms with E-state index in [0.717, 1.165) is 12.1 Å². The number of allylic oxidation sites excluding steroid dienone is 2. The monoisotopic (exact) mass is 435 g/mol. The van der Waals surface area contributed by atoms with Gasteiger partial charge in [-0.2, -0.15) is 13.2 Å². The third kappa shape index (κ3) is 4.47. The highest BCUT2D eigenvalue weighted by Gasteiger charge is 2.32. The molecule has 0 radical (unpaired) electrons. The fraction of sp³-hybridized carbons (Fsp3) is 0.238. The number of rotatable bonds is 4. The van der Waals surface area contributed by atoms with Crippen LogP contribution in [-0.4, -0.2) is 36.4 Å². The van der Waals surface area contributed by atoms with Gasteiger partial charge in [0.2, 0.25) is 0 Å². The molecule has 2 aromatic rings. The zero-order valence-electron chi connectivity index (χ0n) is 16.9. The molecular formula is C21H21F4N5O. The highest BCUT2D eigenvalue weighted by Crippen LogP contribution is 2.33. The number of anilines is 1. The molecule has 0 atom stereocenters. The molecule has 0 spiro atoms. The van der Waals surface area contributed by atoms with E-state index in [1.54, 1.807) is 18.0 Å². The van der Waals surface area contributed by atoms with Gasteiger partial charge in [-0.3, -0.25) is 9.78 Å². The summed E-state index contributed by atoms with van der Waals surface area (Å²) >= 11 is 0. The van der Waals surface area contributed by atoms with Gasteiger partial charge in [0.25, 0.3) is 5.91 Å². The van der Waals surface area contributed by atoms with Crippen molar-refractivity contribution in [3.8, 4) is 0 Å². The van der Waals surface area contributed by atoms with Crippen molar-refractivity contribution in [2.75, 3.05) is 25.5 Å². The van der Waals surface area contributed by atoms with E-state index < -0.39 is 17.6 Å². The topological polar surface area (TPSA) is 88.5 Å². The van der Waals surface area contributed by atoms with Crippen LogP contribution in [0, 0.1) is 5.82 Å². The molecule has 0 fully saturated rings. The van der Waals surface area contributed by atoms with Crippen molar-refractivity contribution in [2.24, 2.45) is 11.5 Å². The molecule has 1 aliphatic rings. The van der Waals surface area contributed by atoms with Gasteiger partial charge in [-0.05, 0) is 42.3 Å². The minimum absolute atomic E-state index is 0.00841. The molecule has 164 valence electrons. The van der Waals surface area contributed by atoms with Gasteiger partial charge < -0.3 is 21.3 Å². The van der Waals surface area contributed by atoms with E-state index in [4.69, 9.17) is 11.5 Å². The van der Waals surface area contributed by atoms with E-state index in [0.29, 0.717) is 41.4 Å². The van der Waals surface area contributed by atoms with Crippen LogP contribution in [0.4, 0.5) is 23.2 Å². The number of benzene rings is 1. The fourth-order valence-electron chi connectivity index (χ4n) is 3.31. The number of nitrogens with zero attached hydrogens (tertiary/aromatic N) is 3. The average molecular weight is 435 g/mol. The lowest BCUT2D eigenvalue weighted by Crippen LogP contribution is -2.34. The van der Waals surface area contributed by atoms with E-state index in [1.807, 2.05) is 0 Å². The Hall–Kier alpha value is -3.56. The molecule has 1 aliphatic heterocycles. The summed E-state index contributed by atoms with van der Waals surface area (Å²) in [6.45, 7) is 0.505. The first-order valence-electron chi connectivity index (χ1n) is 9.27. The van der Waals surface area contributed by atoms with Crippen molar-refractivity contribution >= 4 is 17.2 Å². The first-order chi connectivity index (χ1) is 14.5. The smallest absolute Gasteiger partial charge is 0.404 e. The van der Waals surface area contributed by atoms with Gasteiger partial charge in [0.1, 0.15) is 11.6 Å². The molecule has 10 heteroatoms. The Morgan fingerprint density at radius 1 is 1.29 bits per heavy atom. The number of amides is 1. The standard InChI is InChI=1S/C21H21F4N5O/c1-29-6-4-16-17(20(29)31)3-5-28-19(16)12(11-26)7-18(27)30(2)15-9-13(21(23,24)25)8-14(22)10-15/h3,5,7-11H,4,6,26-27H2,1-2H3/b12-11+,18-7+. The van der Waals surface area contributed by atoms with Crippen molar-refractivity contribution < 1.29 is 22.4 Å². The number of aromatic nitrogens is 1. The third-order valence-corrected chi connectivity index (χ3v) is 5.07. The molecule has 31 heavy (non-hydrogen) atoms. The predicted molar refractivity (Wildman–Crippen MR) is 109 cm³/mol. The van der Waals surface area contributed by atoms with Crippen LogP contribution in [0.5, 0.6) is 0 Å². The molecule has 3 rings (SSSR count). The lowest BCUT2D eigenvalue weighted by molar-refractivity contribution is -0.137. The van der Waals surface area contributed by atoms with Crippen molar-refractivity contribution in [1.29, 1.82) is 0 Å². The first kappa shape index (κ1) is 22.1. The second kappa shape index (κ2) is 8.29. The zero-order valence-corrected chi connectivity index (χ0v) is 16.9. The largest absolute Gasteiger partial charge is 0.416 e. The summed E-state index contributed by atoms with van der Waals surface area (Å²) in [6, 6.07) is 3.78. The van der Waals surface area contributed by atoms with Crippen LogP contribution in [0.2, 0.25) is 0 Å². The predicted octanol–water partition coefficient (Wildman–Crippen LogP) is 3.10.